The predicted octanol–water partition coefficient (Wildman–Crippen LogP) is 5.54. The molecule has 0 atom stereocenters. The van der Waals surface area contributed by atoms with Crippen LogP contribution in [0.25, 0.3) is 10.2 Å². The highest BCUT2D eigenvalue weighted by Crippen LogP contribution is 2.25. The number of amides is 1. The maximum absolute atomic E-state index is 12.8. The normalized spacial score (nSPS) is 12.1. The third kappa shape index (κ3) is 4.00. The number of carbonyl (C=O) groups is 1. The highest BCUT2D eigenvalue weighted by molar-refractivity contribution is 7.16. The highest BCUT2D eigenvalue weighted by Gasteiger charge is 2.20. The monoisotopic (exact) mass is 417 g/mol. The van der Waals surface area contributed by atoms with Crippen LogP contribution in [0.15, 0.2) is 41.4 Å². The van der Waals surface area contributed by atoms with Crippen LogP contribution in [-0.2, 0) is 6.54 Å². The van der Waals surface area contributed by atoms with Gasteiger partial charge in [-0.05, 0) is 42.2 Å². The standard InChI is InChI=1S/C20H20ClN3O3S/c1-4-9-23-17-7-5-13(12(2)3)10-18(17)28-20(23)22-19(25)15-11-14(21)6-8-16(15)24(26)27/h5-8,10-12H,4,9H2,1-3H3. The Bertz CT molecular complexity index is 1130. The van der Waals surface area contributed by atoms with E-state index in [9.17, 15) is 14.9 Å². The van der Waals surface area contributed by atoms with Crippen LogP contribution in [0, 0.1) is 10.1 Å². The molecular formula is C20H20ClN3O3S. The van der Waals surface area contributed by atoms with Crippen LogP contribution in [0.4, 0.5) is 5.69 Å². The lowest BCUT2D eigenvalue weighted by atomic mass is 10.0. The summed E-state index contributed by atoms with van der Waals surface area (Å²) < 4.78 is 3.02. The number of carbonyl (C=O) groups excluding carboxylic acids is 1. The minimum Gasteiger partial charge on any atom is -0.316 e. The lowest BCUT2D eigenvalue weighted by Crippen LogP contribution is -2.17. The molecule has 0 aliphatic carbocycles. The van der Waals surface area contributed by atoms with Gasteiger partial charge in [0, 0.05) is 17.6 Å². The summed E-state index contributed by atoms with van der Waals surface area (Å²) in [6.07, 6.45) is 0.871. The Hall–Kier alpha value is -2.51. The van der Waals surface area contributed by atoms with E-state index < -0.39 is 10.8 Å². The van der Waals surface area contributed by atoms with Gasteiger partial charge >= 0.3 is 0 Å². The number of thiazole rings is 1. The van der Waals surface area contributed by atoms with Crippen molar-refractivity contribution in [2.24, 2.45) is 4.99 Å². The van der Waals surface area contributed by atoms with Crippen molar-refractivity contribution in [3.63, 3.8) is 0 Å². The zero-order chi connectivity index (χ0) is 20.4. The van der Waals surface area contributed by atoms with Gasteiger partial charge in [-0.2, -0.15) is 4.99 Å². The molecule has 6 nitrogen and oxygen atoms in total. The van der Waals surface area contributed by atoms with E-state index in [0.29, 0.717) is 17.3 Å². The Balaban J connectivity index is 2.18. The molecule has 1 aromatic heterocycles. The van der Waals surface area contributed by atoms with E-state index in [-0.39, 0.29) is 16.3 Å². The molecule has 28 heavy (non-hydrogen) atoms. The summed E-state index contributed by atoms with van der Waals surface area (Å²) in [5.74, 6) is -0.281. The molecule has 3 rings (SSSR count). The van der Waals surface area contributed by atoms with Crippen molar-refractivity contribution in [1.82, 2.24) is 4.57 Å². The summed E-state index contributed by atoms with van der Waals surface area (Å²) in [7, 11) is 0. The summed E-state index contributed by atoms with van der Waals surface area (Å²) in [4.78, 5) is 28.2. The number of aryl methyl sites for hydroxylation is 1. The van der Waals surface area contributed by atoms with Gasteiger partial charge in [0.15, 0.2) is 4.80 Å². The second-order valence-electron chi connectivity index (χ2n) is 6.75. The van der Waals surface area contributed by atoms with Crippen molar-refractivity contribution in [3.05, 3.63) is 67.5 Å². The fraction of sp³-hybridized carbons (Fsp3) is 0.300. The molecule has 0 spiro atoms. The number of nitrogens with zero attached hydrogens (tertiary/aromatic N) is 3. The molecule has 0 unspecified atom stereocenters. The SMILES string of the molecule is CCCn1c(=NC(=O)c2cc(Cl)ccc2[N+](=O)[O-])sc2cc(C(C)C)ccc21. The third-order valence-electron chi connectivity index (χ3n) is 4.40. The molecule has 0 bridgehead atoms. The maximum atomic E-state index is 12.8. The molecule has 146 valence electrons. The number of hydrogen-bond acceptors (Lipinski definition) is 4. The average molecular weight is 418 g/mol. The number of hydrogen-bond donors (Lipinski definition) is 0. The summed E-state index contributed by atoms with van der Waals surface area (Å²) in [6.45, 7) is 7.00. The fourth-order valence-electron chi connectivity index (χ4n) is 2.96. The zero-order valence-corrected chi connectivity index (χ0v) is 17.4. The minimum atomic E-state index is -0.672. The first-order valence-electron chi connectivity index (χ1n) is 8.98. The van der Waals surface area contributed by atoms with Crippen molar-refractivity contribution in [1.29, 1.82) is 0 Å². The summed E-state index contributed by atoms with van der Waals surface area (Å²) in [5.41, 5.74) is 1.80. The molecule has 0 aliphatic rings. The van der Waals surface area contributed by atoms with Gasteiger partial charge in [0.25, 0.3) is 11.6 Å². The van der Waals surface area contributed by atoms with Gasteiger partial charge in [-0.25, -0.2) is 0 Å². The smallest absolute Gasteiger partial charge is 0.286 e. The molecule has 8 heteroatoms. The van der Waals surface area contributed by atoms with Crippen molar-refractivity contribution in [3.8, 4) is 0 Å². The first-order chi connectivity index (χ1) is 13.3. The fourth-order valence-corrected chi connectivity index (χ4v) is 4.23. The Labute approximate surface area is 171 Å². The van der Waals surface area contributed by atoms with Crippen molar-refractivity contribution < 1.29 is 9.72 Å². The maximum Gasteiger partial charge on any atom is 0.286 e. The van der Waals surface area contributed by atoms with E-state index in [1.54, 1.807) is 0 Å². The summed E-state index contributed by atoms with van der Waals surface area (Å²) in [6, 6.07) is 10.1. The van der Waals surface area contributed by atoms with Gasteiger partial charge in [-0.15, -0.1) is 0 Å². The Morgan fingerprint density at radius 3 is 2.68 bits per heavy atom. The van der Waals surface area contributed by atoms with Crippen molar-refractivity contribution in [2.75, 3.05) is 0 Å². The van der Waals surface area contributed by atoms with Gasteiger partial charge in [-0.3, -0.25) is 14.9 Å². The van der Waals surface area contributed by atoms with Crippen molar-refractivity contribution in [2.45, 2.75) is 39.7 Å². The number of nitro groups is 1. The van der Waals surface area contributed by atoms with Crippen molar-refractivity contribution >= 4 is 44.7 Å². The third-order valence-corrected chi connectivity index (χ3v) is 5.68. The van der Waals surface area contributed by atoms with E-state index in [1.165, 1.54) is 35.1 Å². The number of aromatic nitrogens is 1. The Morgan fingerprint density at radius 1 is 1.29 bits per heavy atom. The number of benzene rings is 2. The summed E-state index contributed by atoms with van der Waals surface area (Å²) in [5, 5.41) is 11.5. The lowest BCUT2D eigenvalue weighted by molar-refractivity contribution is -0.385. The molecule has 2 aromatic carbocycles. The van der Waals surface area contributed by atoms with E-state index in [4.69, 9.17) is 11.6 Å². The van der Waals surface area contributed by atoms with Crippen LogP contribution in [-0.4, -0.2) is 15.4 Å². The van der Waals surface area contributed by atoms with E-state index >= 15 is 0 Å². The average Bonchev–Trinajstić information content (AvgIpc) is 2.98. The largest absolute Gasteiger partial charge is 0.316 e. The molecule has 0 radical (unpaired) electrons. The van der Waals surface area contributed by atoms with Gasteiger partial charge in [0.2, 0.25) is 0 Å². The number of halogens is 1. The highest BCUT2D eigenvalue weighted by atomic mass is 35.5. The topological polar surface area (TPSA) is 77.5 Å². The van der Waals surface area contributed by atoms with E-state index in [2.05, 4.69) is 31.0 Å². The van der Waals surface area contributed by atoms with E-state index in [1.807, 2.05) is 17.6 Å². The molecular weight excluding hydrogens is 398 g/mol. The molecule has 0 saturated heterocycles. The number of rotatable bonds is 5. The van der Waals surface area contributed by atoms with E-state index in [0.717, 1.165) is 16.6 Å². The van der Waals surface area contributed by atoms with Crippen LogP contribution in [0.3, 0.4) is 0 Å². The van der Waals surface area contributed by atoms with Gasteiger partial charge < -0.3 is 4.57 Å². The van der Waals surface area contributed by atoms with Crippen LogP contribution in [0.1, 0.15) is 49.0 Å². The lowest BCUT2D eigenvalue weighted by Gasteiger charge is -2.06. The van der Waals surface area contributed by atoms with Crippen LogP contribution in [0.5, 0.6) is 0 Å². The molecule has 0 fully saturated rings. The molecule has 1 heterocycles. The van der Waals surface area contributed by atoms with Gasteiger partial charge in [0.05, 0.1) is 15.1 Å². The first-order valence-corrected chi connectivity index (χ1v) is 10.2. The molecule has 0 aliphatic heterocycles. The molecule has 0 N–H and O–H groups in total. The number of nitro benzene ring substituents is 1. The molecule has 3 aromatic rings. The second kappa shape index (κ2) is 8.24. The molecule has 0 saturated carbocycles. The van der Waals surface area contributed by atoms with Gasteiger partial charge in [0.1, 0.15) is 5.56 Å². The van der Waals surface area contributed by atoms with Crippen LogP contribution in [0.2, 0.25) is 5.02 Å². The first kappa shape index (κ1) is 20.2. The minimum absolute atomic E-state index is 0.110. The van der Waals surface area contributed by atoms with Crippen LogP contribution < -0.4 is 4.80 Å². The number of fused-ring (bicyclic) bond motifs is 1. The zero-order valence-electron chi connectivity index (χ0n) is 15.8. The second-order valence-corrected chi connectivity index (χ2v) is 8.20. The Kier molecular flexibility index (Phi) is 5.96. The molecule has 1 amide bonds. The van der Waals surface area contributed by atoms with Gasteiger partial charge in [-0.1, -0.05) is 49.8 Å². The Morgan fingerprint density at radius 2 is 2.04 bits per heavy atom. The van der Waals surface area contributed by atoms with Crippen LogP contribution >= 0.6 is 22.9 Å². The predicted molar refractivity (Wildman–Crippen MR) is 112 cm³/mol. The quantitative estimate of drug-likeness (QED) is 0.404. The summed E-state index contributed by atoms with van der Waals surface area (Å²) >= 11 is 7.35.